The highest BCUT2D eigenvalue weighted by Gasteiger charge is 2.44. The van der Waals surface area contributed by atoms with Gasteiger partial charge in [0.25, 0.3) is 5.91 Å². The molecule has 5 atom stereocenters. The average molecular weight is 866 g/mol. The van der Waals surface area contributed by atoms with Crippen molar-refractivity contribution in [2.75, 3.05) is 53.0 Å². The lowest BCUT2D eigenvalue weighted by molar-refractivity contribution is -0.143. The third-order valence-corrected chi connectivity index (χ3v) is 11.7. The smallest absolute Gasteiger partial charge is 0.254 e. The van der Waals surface area contributed by atoms with Crippen LogP contribution in [-0.2, 0) is 32.0 Å². The molecule has 3 aromatic rings. The van der Waals surface area contributed by atoms with Crippen molar-refractivity contribution in [2.45, 2.75) is 89.9 Å². The first-order valence-corrected chi connectivity index (χ1v) is 21.9. The van der Waals surface area contributed by atoms with Gasteiger partial charge in [-0.2, -0.15) is 5.26 Å². The Hall–Kier alpha value is -6.02. The van der Waals surface area contributed by atoms with Gasteiger partial charge in [0.05, 0.1) is 6.07 Å². The number of hydrogen-bond donors (Lipinski definition) is 6. The molecule has 0 aromatic heterocycles. The van der Waals surface area contributed by atoms with E-state index in [1.165, 1.54) is 25.3 Å². The Balaban J connectivity index is 1.59. The lowest BCUT2D eigenvalue weighted by Crippen LogP contribution is -2.55. The minimum Gasteiger partial charge on any atom is -0.492 e. The highest BCUT2D eigenvalue weighted by atomic mass is 16.5. The van der Waals surface area contributed by atoms with Gasteiger partial charge in [0.15, 0.2) is 0 Å². The Kier molecular flexibility index (Phi) is 17.4. The molecule has 3 aromatic carbocycles. The van der Waals surface area contributed by atoms with Gasteiger partial charge in [-0.25, -0.2) is 0 Å². The van der Waals surface area contributed by atoms with Gasteiger partial charge in [0.1, 0.15) is 55.4 Å². The molecule has 1 fully saturated rings. The summed E-state index contributed by atoms with van der Waals surface area (Å²) < 4.78 is 12.2. The number of nitrogens with two attached hydrogens (primary N) is 3. The summed E-state index contributed by atoms with van der Waals surface area (Å²) in [6.07, 6.45) is 5.75. The second kappa shape index (κ2) is 22.9. The Labute approximate surface area is 370 Å². The van der Waals surface area contributed by atoms with Crippen LogP contribution in [-0.4, -0.2) is 110 Å². The van der Waals surface area contributed by atoms with Crippen molar-refractivity contribution in [1.29, 1.82) is 5.26 Å². The standard InChI is InChI=1S/C47H63N9O7/c1-5-6-7-8-9-31-10-13-35(29(2)22-31)46(60)56-28-33(27-51)25-39(56)47(61)55(4)42-34-12-15-41(63-21-18-50)37(26-34)36-23-32(11-14-40(36)62-20-17-49)24-38(44(58)52-19-16-48)54-43(57)30(3)53-45(42)59/h10-15,22-23,26,30,33,38-39,42H,5-9,17-21,24-25,27-28,49-51H2,1-4H3,(H,52,58)(H,53,59)(H,54,57)/t30-,33?,38-,39?,42-/m0/s1. The molecule has 1 saturated heterocycles. The molecule has 2 unspecified atom stereocenters. The summed E-state index contributed by atoms with van der Waals surface area (Å²) in [5.41, 5.74) is 22.4. The molecule has 338 valence electrons. The first-order chi connectivity index (χ1) is 30.3. The highest BCUT2D eigenvalue weighted by molar-refractivity contribution is 6.00. The van der Waals surface area contributed by atoms with Crippen molar-refractivity contribution < 1.29 is 33.4 Å². The van der Waals surface area contributed by atoms with E-state index < -0.39 is 47.8 Å². The number of fused-ring (bicyclic) bond motifs is 5. The summed E-state index contributed by atoms with van der Waals surface area (Å²) in [6.45, 7) is 6.53. The number of rotatable bonds is 17. The van der Waals surface area contributed by atoms with E-state index in [0.717, 1.165) is 36.8 Å². The number of amides is 5. The van der Waals surface area contributed by atoms with Crippen molar-refractivity contribution in [3.63, 3.8) is 0 Å². The van der Waals surface area contributed by atoms with Crippen molar-refractivity contribution in [1.82, 2.24) is 25.8 Å². The number of nitrogens with zero attached hydrogens (tertiary/aromatic N) is 3. The maximum Gasteiger partial charge on any atom is 0.254 e. The number of aryl methyl sites for hydroxylation is 2. The monoisotopic (exact) mass is 865 g/mol. The number of hydrogen-bond acceptors (Lipinski definition) is 11. The second-order valence-corrected chi connectivity index (χ2v) is 16.4. The largest absolute Gasteiger partial charge is 0.492 e. The van der Waals surface area contributed by atoms with Crippen LogP contribution in [0.15, 0.2) is 54.6 Å². The van der Waals surface area contributed by atoms with Crippen LogP contribution < -0.4 is 42.6 Å². The van der Waals surface area contributed by atoms with Gasteiger partial charge >= 0.3 is 0 Å². The zero-order chi connectivity index (χ0) is 45.6. The average Bonchev–Trinajstić information content (AvgIpc) is 3.72. The van der Waals surface area contributed by atoms with Crippen LogP contribution in [0.4, 0.5) is 0 Å². The van der Waals surface area contributed by atoms with Crippen LogP contribution in [0, 0.1) is 24.2 Å². The van der Waals surface area contributed by atoms with Gasteiger partial charge < -0.3 is 52.4 Å². The molecule has 2 aliphatic heterocycles. The van der Waals surface area contributed by atoms with Gasteiger partial charge in [0, 0.05) is 49.8 Å². The third kappa shape index (κ3) is 11.9. The molecule has 5 amide bonds. The first-order valence-electron chi connectivity index (χ1n) is 21.9. The maximum absolute atomic E-state index is 14.9. The topological polar surface area (TPSA) is 248 Å². The van der Waals surface area contributed by atoms with Gasteiger partial charge in [-0.05, 0) is 98.2 Å². The molecule has 63 heavy (non-hydrogen) atoms. The van der Waals surface area contributed by atoms with E-state index in [2.05, 4.69) is 22.9 Å². The van der Waals surface area contributed by atoms with Crippen molar-refractivity contribution >= 4 is 29.5 Å². The lowest BCUT2D eigenvalue weighted by atomic mass is 9.93. The van der Waals surface area contributed by atoms with Gasteiger partial charge in [-0.1, -0.05) is 50.5 Å². The summed E-state index contributed by atoms with van der Waals surface area (Å²) in [6, 6.07) is 13.5. The fraction of sp³-hybridized carbons (Fsp3) is 0.489. The van der Waals surface area contributed by atoms with E-state index in [4.69, 9.17) is 26.7 Å². The fourth-order valence-corrected chi connectivity index (χ4v) is 8.28. The SMILES string of the molecule is CCCCCCc1ccc(C(=O)N2CC(CN)CC2C(=O)N(C)[C@@H]2C(=O)N[C@@H](C)C(=O)N[C@H](C(=O)NCC#N)Cc3ccc(OCCN)c(c3)-c3cc2ccc3OCCN)c(C)c1. The molecule has 5 rings (SSSR count). The summed E-state index contributed by atoms with van der Waals surface area (Å²) in [5, 5.41) is 17.2. The predicted molar refractivity (Wildman–Crippen MR) is 239 cm³/mol. The van der Waals surface area contributed by atoms with E-state index >= 15 is 0 Å². The molecule has 16 heteroatoms. The lowest BCUT2D eigenvalue weighted by Gasteiger charge is -2.34. The molecule has 16 nitrogen and oxygen atoms in total. The normalized spacial score (nSPS) is 19.8. The number of ether oxygens (including phenoxy) is 2. The number of benzene rings is 3. The van der Waals surface area contributed by atoms with Gasteiger partial charge in [-0.15, -0.1) is 0 Å². The van der Waals surface area contributed by atoms with Crippen LogP contribution in [0.25, 0.3) is 11.1 Å². The number of likely N-dealkylation sites (tertiary alicyclic amines) is 1. The molecule has 0 saturated carbocycles. The minimum absolute atomic E-state index is 0.0233. The van der Waals surface area contributed by atoms with Crippen molar-refractivity contribution in [3.8, 4) is 28.7 Å². The number of unbranched alkanes of at least 4 members (excludes halogenated alkanes) is 3. The number of likely N-dealkylation sites (N-methyl/N-ethyl adjacent to an activating group) is 1. The van der Waals surface area contributed by atoms with Gasteiger partial charge in [-0.3, -0.25) is 24.0 Å². The molecule has 2 aliphatic rings. The summed E-state index contributed by atoms with van der Waals surface area (Å²) >= 11 is 0. The number of carbonyl (C=O) groups is 5. The summed E-state index contributed by atoms with van der Waals surface area (Å²) in [7, 11) is 1.50. The van der Waals surface area contributed by atoms with Crippen LogP contribution in [0.5, 0.6) is 11.5 Å². The molecular formula is C47H63N9O7. The molecule has 4 bridgehead atoms. The molecule has 9 N–H and O–H groups in total. The molecule has 0 aliphatic carbocycles. The van der Waals surface area contributed by atoms with E-state index in [-0.39, 0.29) is 70.6 Å². The van der Waals surface area contributed by atoms with Gasteiger partial charge in [0.2, 0.25) is 23.6 Å². The Bertz CT molecular complexity index is 2160. The van der Waals surface area contributed by atoms with E-state index in [1.54, 1.807) is 41.3 Å². The molecule has 0 radical (unpaired) electrons. The molecular weight excluding hydrogens is 803 g/mol. The van der Waals surface area contributed by atoms with Crippen LogP contribution in [0.2, 0.25) is 0 Å². The van der Waals surface area contributed by atoms with Crippen molar-refractivity contribution in [3.05, 3.63) is 82.4 Å². The fourth-order valence-electron chi connectivity index (χ4n) is 8.28. The maximum atomic E-state index is 14.9. The zero-order valence-electron chi connectivity index (χ0n) is 36.9. The second-order valence-electron chi connectivity index (χ2n) is 16.4. The first kappa shape index (κ1) is 48.0. The third-order valence-electron chi connectivity index (χ3n) is 11.7. The number of carbonyl (C=O) groups excluding carboxylic acids is 5. The highest BCUT2D eigenvalue weighted by Crippen LogP contribution is 2.40. The van der Waals surface area contributed by atoms with E-state index in [9.17, 15) is 29.2 Å². The van der Waals surface area contributed by atoms with Crippen molar-refractivity contribution in [2.24, 2.45) is 23.1 Å². The molecule has 2 heterocycles. The number of nitrogens with one attached hydrogen (secondary N) is 3. The minimum atomic E-state index is -1.33. The van der Waals surface area contributed by atoms with E-state index in [0.29, 0.717) is 39.3 Å². The zero-order valence-corrected chi connectivity index (χ0v) is 36.9. The van der Waals surface area contributed by atoms with E-state index in [1.807, 2.05) is 31.2 Å². The quantitative estimate of drug-likeness (QED) is 0.0851. The Morgan fingerprint density at radius 2 is 1.62 bits per heavy atom. The van der Waals surface area contributed by atoms with Crippen LogP contribution in [0.3, 0.4) is 0 Å². The molecule has 0 spiro atoms. The predicted octanol–water partition coefficient (Wildman–Crippen LogP) is 2.63. The van der Waals surface area contributed by atoms with Crippen LogP contribution in [0.1, 0.15) is 84.6 Å². The summed E-state index contributed by atoms with van der Waals surface area (Å²) in [4.78, 5) is 74.0. The Morgan fingerprint density at radius 1 is 0.921 bits per heavy atom. The number of nitriles is 1. The van der Waals surface area contributed by atoms with Crippen LogP contribution >= 0.6 is 0 Å². The Morgan fingerprint density at radius 3 is 2.27 bits per heavy atom. The summed E-state index contributed by atoms with van der Waals surface area (Å²) in [5.74, 6) is -2.08.